The molecule has 1 aliphatic rings. The molecule has 4 rings (SSSR count). The lowest BCUT2D eigenvalue weighted by Gasteiger charge is -2.11. The summed E-state index contributed by atoms with van der Waals surface area (Å²) in [6.45, 7) is 1.73. The summed E-state index contributed by atoms with van der Waals surface area (Å²) in [5.74, 6) is -1.82. The third kappa shape index (κ3) is 3.74. The van der Waals surface area contributed by atoms with E-state index >= 15 is 0 Å². The number of carbonyl (C=O) groups excluding carboxylic acids is 3. The van der Waals surface area contributed by atoms with Gasteiger partial charge in [-0.1, -0.05) is 23.2 Å². The maximum Gasteiger partial charge on any atom is 0.345 e. The summed E-state index contributed by atoms with van der Waals surface area (Å²) in [5.41, 5.74) is 0.601. The van der Waals surface area contributed by atoms with Crippen molar-refractivity contribution < 1.29 is 23.6 Å². The van der Waals surface area contributed by atoms with Crippen LogP contribution < -0.4 is 5.63 Å². The highest BCUT2D eigenvalue weighted by Crippen LogP contribution is 2.35. The normalized spacial score (nSPS) is 14.0. The summed E-state index contributed by atoms with van der Waals surface area (Å²) in [6, 6.07) is 6.64. The molecule has 2 amide bonds. The number of imide groups is 1. The van der Waals surface area contributed by atoms with E-state index in [-0.39, 0.29) is 29.9 Å². The fourth-order valence-electron chi connectivity index (χ4n) is 3.01. The van der Waals surface area contributed by atoms with Crippen molar-refractivity contribution in [2.45, 2.75) is 26.2 Å². The molecule has 0 N–H and O–H groups in total. The molecule has 154 valence electrons. The van der Waals surface area contributed by atoms with Crippen molar-refractivity contribution in [3.63, 3.8) is 0 Å². The first-order valence-electron chi connectivity index (χ1n) is 8.82. The second-order valence-corrected chi connectivity index (χ2v) is 8.60. The Hall–Kier alpha value is -2.68. The van der Waals surface area contributed by atoms with Gasteiger partial charge in [0.15, 0.2) is 5.58 Å². The molecule has 0 unspecified atom stereocenters. The SMILES string of the molecule is Cc1c(Cl)cc2cc(-c3ccc(CC(=O)ON4C(=O)CCC4=O)s3)c(=O)oc2c1Cl. The third-order valence-corrected chi connectivity index (χ3v) is 6.56. The molecule has 7 nitrogen and oxygen atoms in total. The Morgan fingerprint density at radius 1 is 1.17 bits per heavy atom. The minimum Gasteiger partial charge on any atom is -0.421 e. The fraction of sp³-hybridized carbons (Fsp3) is 0.200. The van der Waals surface area contributed by atoms with Gasteiger partial charge in [0.05, 0.1) is 17.0 Å². The quantitative estimate of drug-likeness (QED) is 0.421. The molecular formula is C20H13Cl2NO6S. The Kier molecular flexibility index (Phi) is 5.40. The Morgan fingerprint density at radius 3 is 2.57 bits per heavy atom. The largest absolute Gasteiger partial charge is 0.421 e. The highest BCUT2D eigenvalue weighted by atomic mass is 35.5. The monoisotopic (exact) mass is 465 g/mol. The van der Waals surface area contributed by atoms with Gasteiger partial charge in [-0.05, 0) is 36.8 Å². The molecule has 0 radical (unpaired) electrons. The molecule has 1 fully saturated rings. The molecule has 3 heterocycles. The van der Waals surface area contributed by atoms with Gasteiger partial charge < -0.3 is 9.25 Å². The molecule has 0 saturated carbocycles. The van der Waals surface area contributed by atoms with E-state index in [1.54, 1.807) is 31.2 Å². The van der Waals surface area contributed by atoms with Crippen LogP contribution in [0.15, 0.2) is 33.5 Å². The Labute approximate surface area is 183 Å². The minimum atomic E-state index is -0.744. The van der Waals surface area contributed by atoms with E-state index in [9.17, 15) is 19.2 Å². The Bertz CT molecular complexity index is 1260. The van der Waals surface area contributed by atoms with Gasteiger partial charge in [-0.3, -0.25) is 9.59 Å². The van der Waals surface area contributed by atoms with Gasteiger partial charge in [0.1, 0.15) is 0 Å². The number of fused-ring (bicyclic) bond motifs is 1. The Morgan fingerprint density at radius 2 is 1.87 bits per heavy atom. The van der Waals surface area contributed by atoms with Crippen molar-refractivity contribution in [3.8, 4) is 10.4 Å². The number of halogens is 2. The summed E-state index contributed by atoms with van der Waals surface area (Å²) in [5, 5.41) is 1.81. The van der Waals surface area contributed by atoms with Crippen LogP contribution in [0.2, 0.25) is 10.0 Å². The first-order chi connectivity index (χ1) is 14.2. The number of carbonyl (C=O) groups is 3. The molecule has 3 aromatic rings. The topological polar surface area (TPSA) is 93.9 Å². The van der Waals surface area contributed by atoms with Crippen LogP contribution in [0.1, 0.15) is 23.3 Å². The molecule has 0 atom stereocenters. The van der Waals surface area contributed by atoms with E-state index in [1.807, 2.05) is 0 Å². The van der Waals surface area contributed by atoms with E-state index < -0.39 is 23.4 Å². The zero-order valence-electron chi connectivity index (χ0n) is 15.5. The minimum absolute atomic E-state index is 0.0283. The number of amides is 2. The molecule has 1 aromatic carbocycles. The summed E-state index contributed by atoms with van der Waals surface area (Å²) in [4.78, 5) is 53.7. The van der Waals surface area contributed by atoms with Gasteiger partial charge >= 0.3 is 11.6 Å². The number of nitrogens with zero attached hydrogens (tertiary/aromatic N) is 1. The number of hydrogen-bond donors (Lipinski definition) is 0. The molecule has 0 spiro atoms. The summed E-state index contributed by atoms with van der Waals surface area (Å²) < 4.78 is 5.40. The lowest BCUT2D eigenvalue weighted by molar-refractivity contribution is -0.196. The molecule has 0 aliphatic carbocycles. The van der Waals surface area contributed by atoms with Crippen LogP contribution in [0.3, 0.4) is 0 Å². The van der Waals surface area contributed by atoms with Crippen molar-refractivity contribution in [1.29, 1.82) is 0 Å². The Balaban J connectivity index is 1.58. The van der Waals surface area contributed by atoms with E-state index in [4.69, 9.17) is 32.5 Å². The predicted octanol–water partition coefficient (Wildman–Crippen LogP) is 4.29. The molecule has 30 heavy (non-hydrogen) atoms. The summed E-state index contributed by atoms with van der Waals surface area (Å²) in [7, 11) is 0. The average Bonchev–Trinajstić information content (AvgIpc) is 3.28. The van der Waals surface area contributed by atoms with Crippen LogP contribution in [0.4, 0.5) is 0 Å². The number of rotatable bonds is 4. The van der Waals surface area contributed by atoms with Gasteiger partial charge in [0.25, 0.3) is 11.8 Å². The van der Waals surface area contributed by atoms with Crippen molar-refractivity contribution in [2.24, 2.45) is 0 Å². The lowest BCUT2D eigenvalue weighted by Crippen LogP contribution is -2.32. The number of hydroxylamine groups is 2. The smallest absolute Gasteiger partial charge is 0.345 e. The van der Waals surface area contributed by atoms with Gasteiger partial charge in [0.2, 0.25) is 0 Å². The van der Waals surface area contributed by atoms with Crippen LogP contribution in [0.25, 0.3) is 21.4 Å². The van der Waals surface area contributed by atoms with Crippen LogP contribution in [-0.2, 0) is 25.6 Å². The zero-order valence-corrected chi connectivity index (χ0v) is 17.8. The second-order valence-electron chi connectivity index (χ2n) is 6.65. The maximum absolute atomic E-state index is 12.5. The average molecular weight is 466 g/mol. The third-order valence-electron chi connectivity index (χ3n) is 4.59. The highest BCUT2D eigenvalue weighted by molar-refractivity contribution is 7.15. The number of hydrogen-bond acceptors (Lipinski definition) is 7. The van der Waals surface area contributed by atoms with Crippen molar-refractivity contribution >= 4 is 63.3 Å². The van der Waals surface area contributed by atoms with Crippen LogP contribution in [0, 0.1) is 6.92 Å². The number of benzene rings is 1. The number of thiophene rings is 1. The molecule has 1 saturated heterocycles. The fourth-order valence-corrected chi connectivity index (χ4v) is 4.52. The zero-order chi connectivity index (χ0) is 21.6. The molecule has 10 heteroatoms. The van der Waals surface area contributed by atoms with Gasteiger partial charge in [-0.25, -0.2) is 9.59 Å². The van der Waals surface area contributed by atoms with Gasteiger partial charge in [-0.2, -0.15) is 0 Å². The van der Waals surface area contributed by atoms with Crippen molar-refractivity contribution in [3.05, 3.63) is 55.2 Å². The summed E-state index contributed by atoms with van der Waals surface area (Å²) >= 11 is 13.6. The van der Waals surface area contributed by atoms with Crippen molar-refractivity contribution in [2.75, 3.05) is 0 Å². The summed E-state index contributed by atoms with van der Waals surface area (Å²) in [6.07, 6.45) is -0.0986. The van der Waals surface area contributed by atoms with E-state index in [0.717, 1.165) is 0 Å². The van der Waals surface area contributed by atoms with Gasteiger partial charge in [-0.15, -0.1) is 16.4 Å². The van der Waals surface area contributed by atoms with Crippen LogP contribution in [0.5, 0.6) is 0 Å². The first-order valence-corrected chi connectivity index (χ1v) is 10.4. The van der Waals surface area contributed by atoms with E-state index in [0.29, 0.717) is 36.4 Å². The maximum atomic E-state index is 12.5. The van der Waals surface area contributed by atoms with Gasteiger partial charge in [0, 0.05) is 33.0 Å². The highest BCUT2D eigenvalue weighted by Gasteiger charge is 2.32. The van der Waals surface area contributed by atoms with Crippen LogP contribution in [-0.4, -0.2) is 22.8 Å². The standard InChI is InChI=1S/C20H13Cl2NO6S/c1-9-13(21)7-10-6-12(20(27)28-19(10)18(9)22)14-3-2-11(30-14)8-17(26)29-23-15(24)4-5-16(23)25/h2-3,6-7H,4-5,8H2,1H3. The van der Waals surface area contributed by atoms with E-state index in [1.165, 1.54) is 11.3 Å². The molecule has 1 aliphatic heterocycles. The molecule has 0 bridgehead atoms. The molecular weight excluding hydrogens is 453 g/mol. The van der Waals surface area contributed by atoms with Crippen molar-refractivity contribution in [1.82, 2.24) is 5.06 Å². The van der Waals surface area contributed by atoms with E-state index in [2.05, 4.69) is 0 Å². The van der Waals surface area contributed by atoms with Crippen LogP contribution >= 0.6 is 34.5 Å². The lowest BCUT2D eigenvalue weighted by atomic mass is 10.1. The second kappa shape index (κ2) is 7.86. The predicted molar refractivity (Wildman–Crippen MR) is 111 cm³/mol. The first kappa shape index (κ1) is 20.6. The molecule has 2 aromatic heterocycles.